The van der Waals surface area contributed by atoms with Crippen LogP contribution in [0.1, 0.15) is 43.2 Å². The van der Waals surface area contributed by atoms with E-state index >= 15 is 0 Å². The minimum absolute atomic E-state index is 0.340. The molecule has 14 heavy (non-hydrogen) atoms. The van der Waals surface area contributed by atoms with Crippen molar-refractivity contribution in [3.05, 3.63) is 35.4 Å². The molecule has 0 bridgehead atoms. The lowest BCUT2D eigenvalue weighted by Gasteiger charge is -2.06. The second kappa shape index (κ2) is 3.43. The van der Waals surface area contributed by atoms with Crippen molar-refractivity contribution in [2.45, 2.75) is 36.4 Å². The van der Waals surface area contributed by atoms with Crippen LogP contribution >= 0.6 is 23.2 Å². The maximum atomic E-state index is 6.01. The van der Waals surface area contributed by atoms with Crippen LogP contribution in [-0.2, 0) is 0 Å². The van der Waals surface area contributed by atoms with Crippen LogP contribution in [0, 0.1) is 0 Å². The summed E-state index contributed by atoms with van der Waals surface area (Å²) in [4.78, 5) is 0. The second-order valence-electron chi connectivity index (χ2n) is 4.34. The summed E-state index contributed by atoms with van der Waals surface area (Å²) in [6.07, 6.45) is 0.886. The number of halogens is 2. The summed E-state index contributed by atoms with van der Waals surface area (Å²) >= 11 is 12.0. The first-order chi connectivity index (χ1) is 6.50. The fourth-order valence-corrected chi connectivity index (χ4v) is 2.25. The van der Waals surface area contributed by atoms with Gasteiger partial charge in [-0.25, -0.2) is 0 Å². The van der Waals surface area contributed by atoms with E-state index in [1.165, 1.54) is 11.1 Å². The molecule has 1 aliphatic rings. The lowest BCUT2D eigenvalue weighted by atomic mass is 10.0. The van der Waals surface area contributed by atoms with Crippen molar-refractivity contribution in [2.24, 2.45) is 0 Å². The summed E-state index contributed by atoms with van der Waals surface area (Å²) < 4.78 is -0.501. The van der Waals surface area contributed by atoms with Crippen molar-refractivity contribution in [1.82, 2.24) is 0 Å². The average Bonchev–Trinajstić information content (AvgIpc) is 2.75. The Morgan fingerprint density at radius 1 is 1.21 bits per heavy atom. The van der Waals surface area contributed by atoms with Gasteiger partial charge in [-0.2, -0.15) is 0 Å². The quantitative estimate of drug-likeness (QED) is 0.656. The summed E-state index contributed by atoms with van der Waals surface area (Å²) in [5.41, 5.74) is 2.63. The Kier molecular flexibility index (Phi) is 2.53. The third kappa shape index (κ3) is 1.92. The van der Waals surface area contributed by atoms with E-state index in [0.29, 0.717) is 11.8 Å². The molecule has 1 saturated carbocycles. The molecule has 1 fully saturated rings. The van der Waals surface area contributed by atoms with Crippen LogP contribution in [0.2, 0.25) is 0 Å². The molecule has 1 atom stereocenters. The Labute approximate surface area is 95.2 Å². The van der Waals surface area contributed by atoms with Gasteiger partial charge in [-0.1, -0.05) is 38.1 Å². The highest BCUT2D eigenvalue weighted by Crippen LogP contribution is 2.59. The molecule has 0 N–H and O–H groups in total. The van der Waals surface area contributed by atoms with E-state index in [2.05, 4.69) is 38.1 Å². The first-order valence-electron chi connectivity index (χ1n) is 4.98. The molecule has 0 saturated heterocycles. The van der Waals surface area contributed by atoms with E-state index < -0.39 is 4.33 Å². The fraction of sp³-hybridized carbons (Fsp3) is 0.500. The predicted octanol–water partition coefficient (Wildman–Crippen LogP) is 4.47. The van der Waals surface area contributed by atoms with Gasteiger partial charge in [0.2, 0.25) is 0 Å². The van der Waals surface area contributed by atoms with Gasteiger partial charge in [0, 0.05) is 5.92 Å². The summed E-state index contributed by atoms with van der Waals surface area (Å²) in [6, 6.07) is 8.63. The van der Waals surface area contributed by atoms with Gasteiger partial charge in [0.05, 0.1) is 0 Å². The Morgan fingerprint density at radius 3 is 2.07 bits per heavy atom. The first kappa shape index (κ1) is 10.3. The van der Waals surface area contributed by atoms with E-state index in [0.717, 1.165) is 6.42 Å². The van der Waals surface area contributed by atoms with E-state index in [1.807, 2.05) is 0 Å². The molecule has 0 heterocycles. The topological polar surface area (TPSA) is 0 Å². The molecule has 76 valence electrons. The van der Waals surface area contributed by atoms with Crippen LogP contribution in [0.25, 0.3) is 0 Å². The monoisotopic (exact) mass is 228 g/mol. The van der Waals surface area contributed by atoms with Crippen molar-refractivity contribution >= 4 is 23.2 Å². The largest absolute Gasteiger partial charge is 0.125 e. The van der Waals surface area contributed by atoms with Crippen LogP contribution in [0.15, 0.2) is 24.3 Å². The van der Waals surface area contributed by atoms with Crippen molar-refractivity contribution in [2.75, 3.05) is 0 Å². The number of hydrogen-bond donors (Lipinski definition) is 0. The normalized spacial score (nSPS) is 23.9. The Bertz CT molecular complexity index is 325. The predicted molar refractivity (Wildman–Crippen MR) is 62.3 cm³/mol. The Morgan fingerprint density at radius 2 is 1.71 bits per heavy atom. The molecular weight excluding hydrogens is 215 g/mol. The Hall–Kier alpha value is -0.200. The molecule has 2 rings (SSSR count). The van der Waals surface area contributed by atoms with E-state index in [4.69, 9.17) is 23.2 Å². The highest BCUT2D eigenvalue weighted by molar-refractivity contribution is 6.51. The van der Waals surface area contributed by atoms with Crippen molar-refractivity contribution in [1.29, 1.82) is 0 Å². The summed E-state index contributed by atoms with van der Waals surface area (Å²) in [6.45, 7) is 4.39. The zero-order chi connectivity index (χ0) is 10.3. The molecule has 0 radical (unpaired) electrons. The molecule has 0 spiro atoms. The van der Waals surface area contributed by atoms with E-state index in [-0.39, 0.29) is 0 Å². The van der Waals surface area contributed by atoms with Gasteiger partial charge in [0.15, 0.2) is 0 Å². The number of alkyl halides is 2. The molecule has 0 nitrogen and oxygen atoms in total. The molecule has 1 aromatic rings. The summed E-state index contributed by atoms with van der Waals surface area (Å²) in [5, 5.41) is 0. The van der Waals surface area contributed by atoms with Crippen LogP contribution in [-0.4, -0.2) is 4.33 Å². The average molecular weight is 229 g/mol. The minimum atomic E-state index is -0.501. The maximum Gasteiger partial charge on any atom is 0.125 e. The van der Waals surface area contributed by atoms with Gasteiger partial charge in [-0.05, 0) is 23.5 Å². The van der Waals surface area contributed by atoms with Crippen molar-refractivity contribution in [3.63, 3.8) is 0 Å². The third-order valence-electron chi connectivity index (χ3n) is 2.83. The van der Waals surface area contributed by atoms with Gasteiger partial charge < -0.3 is 0 Å². The molecule has 1 unspecified atom stereocenters. The van der Waals surface area contributed by atoms with Gasteiger partial charge in [-0.3, -0.25) is 0 Å². The fourth-order valence-electron chi connectivity index (χ4n) is 1.69. The van der Waals surface area contributed by atoms with Crippen LogP contribution in [0.4, 0.5) is 0 Å². The molecule has 0 aliphatic heterocycles. The van der Waals surface area contributed by atoms with E-state index in [1.54, 1.807) is 0 Å². The Balaban J connectivity index is 2.16. The molecule has 0 amide bonds. The smallest absolute Gasteiger partial charge is 0.101 e. The SMILES string of the molecule is CC(C)c1ccc(C2CC2(Cl)Cl)cc1. The van der Waals surface area contributed by atoms with Gasteiger partial charge in [-0.15, -0.1) is 23.2 Å². The second-order valence-corrected chi connectivity index (χ2v) is 5.88. The van der Waals surface area contributed by atoms with Gasteiger partial charge in [0.25, 0.3) is 0 Å². The lowest BCUT2D eigenvalue weighted by Crippen LogP contribution is -1.91. The molecule has 1 aromatic carbocycles. The van der Waals surface area contributed by atoms with Crippen LogP contribution in [0.3, 0.4) is 0 Å². The van der Waals surface area contributed by atoms with Crippen LogP contribution < -0.4 is 0 Å². The number of rotatable bonds is 2. The molecule has 2 heteroatoms. The standard InChI is InChI=1S/C12H14Cl2/c1-8(2)9-3-5-10(6-4-9)11-7-12(11,13)14/h3-6,8,11H,7H2,1-2H3. The highest BCUT2D eigenvalue weighted by atomic mass is 35.5. The summed E-state index contributed by atoms with van der Waals surface area (Å²) in [7, 11) is 0. The zero-order valence-corrected chi connectivity index (χ0v) is 9.94. The van der Waals surface area contributed by atoms with Gasteiger partial charge in [0.1, 0.15) is 4.33 Å². The lowest BCUT2D eigenvalue weighted by molar-refractivity contribution is 0.864. The molecule has 0 aromatic heterocycles. The van der Waals surface area contributed by atoms with Crippen molar-refractivity contribution in [3.8, 4) is 0 Å². The number of hydrogen-bond acceptors (Lipinski definition) is 0. The van der Waals surface area contributed by atoms with Crippen molar-refractivity contribution < 1.29 is 0 Å². The third-order valence-corrected chi connectivity index (χ3v) is 3.67. The van der Waals surface area contributed by atoms with Gasteiger partial charge >= 0.3 is 0 Å². The highest BCUT2D eigenvalue weighted by Gasteiger charge is 2.52. The van der Waals surface area contributed by atoms with Crippen LogP contribution in [0.5, 0.6) is 0 Å². The zero-order valence-electron chi connectivity index (χ0n) is 8.43. The minimum Gasteiger partial charge on any atom is -0.101 e. The molecule has 1 aliphatic carbocycles. The number of benzene rings is 1. The van der Waals surface area contributed by atoms with E-state index in [9.17, 15) is 0 Å². The maximum absolute atomic E-state index is 6.01. The first-order valence-corrected chi connectivity index (χ1v) is 5.74. The summed E-state index contributed by atoms with van der Waals surface area (Å²) in [5.74, 6) is 0.923. The molecular formula is C12H14Cl2.